The van der Waals surface area contributed by atoms with Crippen molar-refractivity contribution >= 4 is 0 Å². The number of benzene rings is 1. The molecule has 1 rings (SSSR count). The van der Waals surface area contributed by atoms with Crippen molar-refractivity contribution in [3.8, 4) is 0 Å². The highest BCUT2D eigenvalue weighted by Crippen LogP contribution is 2.23. The number of alkyl halides is 2. The third-order valence-corrected chi connectivity index (χ3v) is 1.95. The Morgan fingerprint density at radius 3 is 2.62 bits per heavy atom. The maximum atomic E-state index is 12.4. The number of hydrogen-bond donors (Lipinski definition) is 1. The lowest BCUT2D eigenvalue weighted by molar-refractivity contribution is 0.150. The van der Waals surface area contributed by atoms with Gasteiger partial charge < -0.3 is 5.73 Å². The fourth-order valence-electron chi connectivity index (χ4n) is 1.32. The minimum absolute atomic E-state index is 0.107. The van der Waals surface area contributed by atoms with Gasteiger partial charge in [0.2, 0.25) is 0 Å². The van der Waals surface area contributed by atoms with E-state index in [0.29, 0.717) is 18.5 Å². The van der Waals surface area contributed by atoms with Gasteiger partial charge in [0.05, 0.1) is 0 Å². The van der Waals surface area contributed by atoms with Gasteiger partial charge in [-0.05, 0) is 25.5 Å². The van der Waals surface area contributed by atoms with Crippen LogP contribution in [0.1, 0.15) is 23.1 Å². The van der Waals surface area contributed by atoms with Crippen LogP contribution in [0.3, 0.4) is 0 Å². The Morgan fingerprint density at radius 1 is 1.38 bits per heavy atom. The summed E-state index contributed by atoms with van der Waals surface area (Å²) in [7, 11) is 0. The summed E-state index contributed by atoms with van der Waals surface area (Å²) in [4.78, 5) is 0. The predicted octanol–water partition coefficient (Wildman–Crippen LogP) is 2.43. The van der Waals surface area contributed by atoms with E-state index >= 15 is 0 Å². The minimum atomic E-state index is -2.40. The fraction of sp³-hybridized carbons (Fsp3) is 0.400. The first-order chi connectivity index (χ1) is 6.15. The van der Waals surface area contributed by atoms with Crippen LogP contribution in [0.5, 0.6) is 0 Å². The smallest absolute Gasteiger partial charge is 0.264 e. The molecule has 0 saturated heterocycles. The van der Waals surface area contributed by atoms with Crippen molar-refractivity contribution in [3.63, 3.8) is 0 Å². The van der Waals surface area contributed by atoms with Crippen LogP contribution in [-0.2, 0) is 6.42 Å². The van der Waals surface area contributed by atoms with E-state index in [1.54, 1.807) is 12.1 Å². The Balaban J connectivity index is 3.03. The average molecular weight is 185 g/mol. The molecule has 0 spiro atoms. The molecule has 1 nitrogen and oxygen atoms in total. The number of hydrogen-bond acceptors (Lipinski definition) is 1. The van der Waals surface area contributed by atoms with Gasteiger partial charge in [-0.3, -0.25) is 0 Å². The Labute approximate surface area is 76.6 Å². The second-order valence-electron chi connectivity index (χ2n) is 3.04. The zero-order chi connectivity index (χ0) is 9.84. The molecule has 0 aromatic heterocycles. The molecule has 72 valence electrons. The molecule has 0 saturated carbocycles. The molecule has 0 fully saturated rings. The van der Waals surface area contributed by atoms with E-state index in [0.717, 1.165) is 5.56 Å². The van der Waals surface area contributed by atoms with Gasteiger partial charge in [-0.15, -0.1) is 0 Å². The highest BCUT2D eigenvalue weighted by atomic mass is 19.3. The Morgan fingerprint density at radius 2 is 2.08 bits per heavy atom. The monoisotopic (exact) mass is 185 g/mol. The summed E-state index contributed by atoms with van der Waals surface area (Å²) in [6, 6.07) is 4.95. The van der Waals surface area contributed by atoms with Gasteiger partial charge in [0.1, 0.15) is 0 Å². The number of halogens is 2. The van der Waals surface area contributed by atoms with Crippen LogP contribution in [0.2, 0.25) is 0 Å². The third kappa shape index (κ3) is 2.49. The van der Waals surface area contributed by atoms with E-state index in [1.807, 2.05) is 6.92 Å². The Hall–Kier alpha value is -0.960. The molecule has 0 aliphatic heterocycles. The van der Waals surface area contributed by atoms with Crippen molar-refractivity contribution in [3.05, 3.63) is 34.9 Å². The summed E-state index contributed by atoms with van der Waals surface area (Å²) >= 11 is 0. The maximum absolute atomic E-state index is 12.4. The Bertz CT molecular complexity index is 284. The first-order valence-corrected chi connectivity index (χ1v) is 4.22. The van der Waals surface area contributed by atoms with E-state index < -0.39 is 6.43 Å². The lowest BCUT2D eigenvalue weighted by atomic mass is 10.0. The van der Waals surface area contributed by atoms with E-state index in [9.17, 15) is 8.78 Å². The largest absolute Gasteiger partial charge is 0.330 e. The van der Waals surface area contributed by atoms with Gasteiger partial charge in [-0.1, -0.05) is 23.8 Å². The SMILES string of the molecule is Cc1ccc(C(F)F)c(CCN)c1. The molecule has 0 bridgehead atoms. The number of aryl methyl sites for hydroxylation is 1. The van der Waals surface area contributed by atoms with Crippen LogP contribution in [0.4, 0.5) is 8.78 Å². The van der Waals surface area contributed by atoms with Crippen molar-refractivity contribution in [1.29, 1.82) is 0 Å². The van der Waals surface area contributed by atoms with E-state index in [1.165, 1.54) is 6.07 Å². The molecule has 3 heteroatoms. The van der Waals surface area contributed by atoms with Gasteiger partial charge in [0.25, 0.3) is 6.43 Å². The molecule has 0 aliphatic rings. The van der Waals surface area contributed by atoms with Crippen LogP contribution in [0.25, 0.3) is 0 Å². The molecule has 0 radical (unpaired) electrons. The zero-order valence-electron chi connectivity index (χ0n) is 7.56. The van der Waals surface area contributed by atoms with Gasteiger partial charge >= 0.3 is 0 Å². The van der Waals surface area contributed by atoms with E-state index in [4.69, 9.17) is 5.73 Å². The molecule has 0 aliphatic carbocycles. The normalized spacial score (nSPS) is 10.8. The van der Waals surface area contributed by atoms with E-state index in [2.05, 4.69) is 0 Å². The molecule has 1 aromatic rings. The molecule has 0 amide bonds. The Kier molecular flexibility index (Phi) is 3.37. The first-order valence-electron chi connectivity index (χ1n) is 4.22. The molecular formula is C10H13F2N. The summed E-state index contributed by atoms with van der Waals surface area (Å²) in [6.07, 6.45) is -1.89. The summed E-state index contributed by atoms with van der Waals surface area (Å²) in [5.41, 5.74) is 7.10. The highest BCUT2D eigenvalue weighted by molar-refractivity contribution is 5.32. The van der Waals surface area contributed by atoms with Crippen LogP contribution < -0.4 is 5.73 Å². The van der Waals surface area contributed by atoms with Gasteiger partial charge in [0, 0.05) is 5.56 Å². The predicted molar refractivity (Wildman–Crippen MR) is 48.9 cm³/mol. The van der Waals surface area contributed by atoms with Crippen LogP contribution in [0, 0.1) is 6.92 Å². The lowest BCUT2D eigenvalue weighted by Crippen LogP contribution is -2.05. The minimum Gasteiger partial charge on any atom is -0.330 e. The molecule has 0 unspecified atom stereocenters. The van der Waals surface area contributed by atoms with Crippen molar-refractivity contribution in [2.75, 3.05) is 6.54 Å². The van der Waals surface area contributed by atoms with Crippen molar-refractivity contribution in [2.24, 2.45) is 5.73 Å². The van der Waals surface area contributed by atoms with Crippen molar-refractivity contribution in [2.45, 2.75) is 19.8 Å². The molecule has 1 aromatic carbocycles. The summed E-state index contributed by atoms with van der Waals surface area (Å²) in [5.74, 6) is 0. The molecule has 13 heavy (non-hydrogen) atoms. The number of rotatable bonds is 3. The standard InChI is InChI=1S/C10H13F2N/c1-7-2-3-9(10(11)12)8(6-7)4-5-13/h2-3,6,10H,4-5,13H2,1H3. The molecular weight excluding hydrogens is 172 g/mol. The fourth-order valence-corrected chi connectivity index (χ4v) is 1.32. The zero-order valence-corrected chi connectivity index (χ0v) is 7.56. The third-order valence-electron chi connectivity index (χ3n) is 1.95. The first kappa shape index (κ1) is 10.1. The van der Waals surface area contributed by atoms with Crippen LogP contribution in [-0.4, -0.2) is 6.54 Å². The van der Waals surface area contributed by atoms with Crippen LogP contribution >= 0.6 is 0 Å². The second-order valence-corrected chi connectivity index (χ2v) is 3.04. The van der Waals surface area contributed by atoms with Crippen LogP contribution in [0.15, 0.2) is 18.2 Å². The summed E-state index contributed by atoms with van der Waals surface area (Å²) in [5, 5.41) is 0. The van der Waals surface area contributed by atoms with Crippen molar-refractivity contribution < 1.29 is 8.78 Å². The van der Waals surface area contributed by atoms with E-state index in [-0.39, 0.29) is 5.56 Å². The molecule has 0 atom stereocenters. The maximum Gasteiger partial charge on any atom is 0.264 e. The average Bonchev–Trinajstić information content (AvgIpc) is 2.04. The molecule has 0 heterocycles. The van der Waals surface area contributed by atoms with Gasteiger partial charge in [0.15, 0.2) is 0 Å². The topological polar surface area (TPSA) is 26.0 Å². The second kappa shape index (κ2) is 4.33. The van der Waals surface area contributed by atoms with Gasteiger partial charge in [-0.25, -0.2) is 8.78 Å². The lowest BCUT2D eigenvalue weighted by Gasteiger charge is -2.08. The number of nitrogens with two attached hydrogens (primary N) is 1. The highest BCUT2D eigenvalue weighted by Gasteiger charge is 2.11. The van der Waals surface area contributed by atoms with Gasteiger partial charge in [-0.2, -0.15) is 0 Å². The molecule has 2 N–H and O–H groups in total. The summed E-state index contributed by atoms with van der Waals surface area (Å²) < 4.78 is 24.9. The summed E-state index contributed by atoms with van der Waals surface area (Å²) in [6.45, 7) is 2.29. The quantitative estimate of drug-likeness (QED) is 0.769. The van der Waals surface area contributed by atoms with Crippen molar-refractivity contribution in [1.82, 2.24) is 0 Å².